The standard InChI is InChI=1S/C14H12ClN3O2/c15-13-8-16-11(7-17-13)14(19)18-5-6-20-12-4-2-1-3-10(12)9-18/h1-4,7-8H,5-6,9H2. The predicted molar refractivity (Wildman–Crippen MR) is 73.7 cm³/mol. The number of hydrogen-bond acceptors (Lipinski definition) is 4. The molecule has 1 aliphatic heterocycles. The highest BCUT2D eigenvalue weighted by atomic mass is 35.5. The third-order valence-corrected chi connectivity index (χ3v) is 3.27. The highest BCUT2D eigenvalue weighted by molar-refractivity contribution is 6.29. The van der Waals surface area contributed by atoms with E-state index < -0.39 is 0 Å². The second kappa shape index (κ2) is 5.46. The van der Waals surface area contributed by atoms with Crippen LogP contribution in [-0.2, 0) is 6.54 Å². The van der Waals surface area contributed by atoms with E-state index in [9.17, 15) is 4.79 Å². The topological polar surface area (TPSA) is 55.3 Å². The Hall–Kier alpha value is -2.14. The third kappa shape index (κ3) is 2.58. The van der Waals surface area contributed by atoms with Crippen molar-refractivity contribution in [2.24, 2.45) is 0 Å². The number of carbonyl (C=O) groups is 1. The second-order valence-electron chi connectivity index (χ2n) is 4.41. The van der Waals surface area contributed by atoms with Crippen molar-refractivity contribution in [1.29, 1.82) is 0 Å². The van der Waals surface area contributed by atoms with Crippen molar-refractivity contribution in [3.05, 3.63) is 53.1 Å². The lowest BCUT2D eigenvalue weighted by Gasteiger charge is -2.19. The van der Waals surface area contributed by atoms with Gasteiger partial charge in [-0.05, 0) is 6.07 Å². The molecule has 0 spiro atoms. The van der Waals surface area contributed by atoms with Crippen molar-refractivity contribution in [3.8, 4) is 5.75 Å². The normalized spacial score (nSPS) is 14.2. The van der Waals surface area contributed by atoms with Crippen LogP contribution in [0, 0.1) is 0 Å². The van der Waals surface area contributed by atoms with Crippen molar-refractivity contribution in [2.45, 2.75) is 6.54 Å². The number of para-hydroxylation sites is 1. The molecule has 0 bridgehead atoms. The Labute approximate surface area is 121 Å². The van der Waals surface area contributed by atoms with Crippen molar-refractivity contribution < 1.29 is 9.53 Å². The van der Waals surface area contributed by atoms with Crippen LogP contribution in [0.5, 0.6) is 5.75 Å². The molecular weight excluding hydrogens is 278 g/mol. The Bertz CT molecular complexity index is 631. The summed E-state index contributed by atoms with van der Waals surface area (Å²) >= 11 is 5.68. The largest absolute Gasteiger partial charge is 0.491 e. The van der Waals surface area contributed by atoms with E-state index in [1.165, 1.54) is 12.4 Å². The lowest BCUT2D eigenvalue weighted by molar-refractivity contribution is 0.0727. The Kier molecular flexibility index (Phi) is 3.52. The van der Waals surface area contributed by atoms with Gasteiger partial charge < -0.3 is 9.64 Å². The summed E-state index contributed by atoms with van der Waals surface area (Å²) in [4.78, 5) is 22.0. The number of rotatable bonds is 1. The predicted octanol–water partition coefficient (Wildman–Crippen LogP) is 2.16. The van der Waals surface area contributed by atoms with Gasteiger partial charge in [0.1, 0.15) is 23.2 Å². The van der Waals surface area contributed by atoms with E-state index in [0.29, 0.717) is 19.7 Å². The van der Waals surface area contributed by atoms with Crippen LogP contribution < -0.4 is 4.74 Å². The van der Waals surface area contributed by atoms with Crippen molar-refractivity contribution in [3.63, 3.8) is 0 Å². The molecule has 102 valence electrons. The van der Waals surface area contributed by atoms with E-state index in [0.717, 1.165) is 11.3 Å². The molecule has 0 atom stereocenters. The zero-order chi connectivity index (χ0) is 13.9. The summed E-state index contributed by atoms with van der Waals surface area (Å²) in [5, 5.41) is 0.270. The van der Waals surface area contributed by atoms with Gasteiger partial charge in [-0.1, -0.05) is 29.8 Å². The van der Waals surface area contributed by atoms with Crippen LogP contribution in [-0.4, -0.2) is 33.9 Å². The Morgan fingerprint density at radius 1 is 1.25 bits per heavy atom. The second-order valence-corrected chi connectivity index (χ2v) is 4.79. The van der Waals surface area contributed by atoms with Gasteiger partial charge in [0.15, 0.2) is 0 Å². The molecule has 6 heteroatoms. The van der Waals surface area contributed by atoms with E-state index >= 15 is 0 Å². The van der Waals surface area contributed by atoms with E-state index in [-0.39, 0.29) is 16.8 Å². The van der Waals surface area contributed by atoms with Crippen LogP contribution in [0.2, 0.25) is 5.15 Å². The summed E-state index contributed by atoms with van der Waals surface area (Å²) < 4.78 is 5.63. The van der Waals surface area contributed by atoms with Gasteiger partial charge in [-0.3, -0.25) is 4.79 Å². The maximum Gasteiger partial charge on any atom is 0.274 e. The quantitative estimate of drug-likeness (QED) is 0.807. The summed E-state index contributed by atoms with van der Waals surface area (Å²) in [7, 11) is 0. The molecule has 0 saturated carbocycles. The first-order valence-electron chi connectivity index (χ1n) is 6.21. The van der Waals surface area contributed by atoms with Gasteiger partial charge in [-0.15, -0.1) is 0 Å². The van der Waals surface area contributed by atoms with Crippen LogP contribution in [0.4, 0.5) is 0 Å². The number of nitrogens with zero attached hydrogens (tertiary/aromatic N) is 3. The van der Waals surface area contributed by atoms with Crippen LogP contribution in [0.1, 0.15) is 16.1 Å². The van der Waals surface area contributed by atoms with E-state index in [1.807, 2.05) is 24.3 Å². The maximum atomic E-state index is 12.4. The number of hydrogen-bond donors (Lipinski definition) is 0. The van der Waals surface area contributed by atoms with Crippen molar-refractivity contribution in [2.75, 3.05) is 13.2 Å². The van der Waals surface area contributed by atoms with Crippen LogP contribution >= 0.6 is 11.6 Å². The Balaban J connectivity index is 1.84. The number of carbonyl (C=O) groups excluding carboxylic acids is 1. The first-order valence-corrected chi connectivity index (χ1v) is 6.59. The van der Waals surface area contributed by atoms with E-state index in [2.05, 4.69) is 9.97 Å². The average Bonchev–Trinajstić information content (AvgIpc) is 2.69. The lowest BCUT2D eigenvalue weighted by Crippen LogP contribution is -2.33. The van der Waals surface area contributed by atoms with Crippen LogP contribution in [0.25, 0.3) is 0 Å². The average molecular weight is 290 g/mol. The number of aromatic nitrogens is 2. The summed E-state index contributed by atoms with van der Waals surface area (Å²) in [6, 6.07) is 7.71. The van der Waals surface area contributed by atoms with Gasteiger partial charge in [-0.25, -0.2) is 9.97 Å². The number of benzene rings is 1. The van der Waals surface area contributed by atoms with Crippen LogP contribution in [0.15, 0.2) is 36.7 Å². The highest BCUT2D eigenvalue weighted by Gasteiger charge is 2.21. The molecule has 0 unspecified atom stereocenters. The highest BCUT2D eigenvalue weighted by Crippen LogP contribution is 2.23. The molecule has 2 heterocycles. The minimum atomic E-state index is -0.172. The molecule has 3 rings (SSSR count). The number of ether oxygens (including phenoxy) is 1. The molecule has 1 aliphatic rings. The SMILES string of the molecule is O=C(c1cnc(Cl)cn1)N1CCOc2ccccc2C1. The molecule has 0 fully saturated rings. The fraction of sp³-hybridized carbons (Fsp3) is 0.214. The molecule has 0 aliphatic carbocycles. The molecule has 0 radical (unpaired) electrons. The molecule has 1 amide bonds. The molecular formula is C14H12ClN3O2. The smallest absolute Gasteiger partial charge is 0.274 e. The Morgan fingerprint density at radius 2 is 2.10 bits per heavy atom. The van der Waals surface area contributed by atoms with Crippen molar-refractivity contribution in [1.82, 2.24) is 14.9 Å². The number of halogens is 1. The fourth-order valence-electron chi connectivity index (χ4n) is 2.08. The summed E-state index contributed by atoms with van der Waals surface area (Å²) in [5.74, 6) is 0.652. The third-order valence-electron chi connectivity index (χ3n) is 3.08. The van der Waals surface area contributed by atoms with Gasteiger partial charge >= 0.3 is 0 Å². The monoisotopic (exact) mass is 289 g/mol. The molecule has 0 N–H and O–H groups in total. The first kappa shape index (κ1) is 12.9. The van der Waals surface area contributed by atoms with Crippen molar-refractivity contribution >= 4 is 17.5 Å². The number of amides is 1. The zero-order valence-electron chi connectivity index (χ0n) is 10.6. The van der Waals surface area contributed by atoms with Gasteiger partial charge in [0.05, 0.1) is 18.9 Å². The molecule has 0 saturated heterocycles. The molecule has 1 aromatic carbocycles. The molecule has 1 aromatic heterocycles. The lowest BCUT2D eigenvalue weighted by atomic mass is 10.2. The zero-order valence-corrected chi connectivity index (χ0v) is 11.4. The molecule has 2 aromatic rings. The Morgan fingerprint density at radius 3 is 2.90 bits per heavy atom. The van der Waals surface area contributed by atoms with Gasteiger partial charge in [0, 0.05) is 12.1 Å². The van der Waals surface area contributed by atoms with Gasteiger partial charge in [0.2, 0.25) is 0 Å². The van der Waals surface area contributed by atoms with Crippen LogP contribution in [0.3, 0.4) is 0 Å². The summed E-state index contributed by atoms with van der Waals surface area (Å²) in [6.45, 7) is 1.47. The first-order chi connectivity index (χ1) is 9.74. The van der Waals surface area contributed by atoms with E-state index in [1.54, 1.807) is 4.90 Å². The minimum absolute atomic E-state index is 0.172. The fourth-order valence-corrected chi connectivity index (χ4v) is 2.18. The van der Waals surface area contributed by atoms with E-state index in [4.69, 9.17) is 16.3 Å². The molecule has 5 nitrogen and oxygen atoms in total. The number of fused-ring (bicyclic) bond motifs is 1. The van der Waals surface area contributed by atoms with Gasteiger partial charge in [-0.2, -0.15) is 0 Å². The van der Waals surface area contributed by atoms with Gasteiger partial charge in [0.25, 0.3) is 5.91 Å². The maximum absolute atomic E-state index is 12.4. The minimum Gasteiger partial charge on any atom is -0.491 e. The summed E-state index contributed by atoms with van der Waals surface area (Å²) in [5.41, 5.74) is 1.27. The summed E-state index contributed by atoms with van der Waals surface area (Å²) in [6.07, 6.45) is 2.76. The molecule has 20 heavy (non-hydrogen) atoms.